The highest BCUT2D eigenvalue weighted by molar-refractivity contribution is 5.97. The number of carbonyl (C=O) groups excluding carboxylic acids is 1. The molecule has 2 aromatic carbocycles. The standard InChI is InChI=1S/C13H9F3O3.C8H16.C2H6/c1-19-12(18)8-2-4-9-7(6-8)3-5-10(17)11(9)13(14,15)16;1-7-4-3-5-8(2)6-7;1-2/h2-6,17H,1H3;7-8H,3-6H2,1-2H3;1-2H3. The molecule has 1 N–H and O–H groups in total. The fraction of sp³-hybridized carbons (Fsp3) is 0.522. The number of hydrogen-bond donors (Lipinski definition) is 1. The van der Waals surface area contributed by atoms with Gasteiger partial charge in [0, 0.05) is 0 Å². The Kier molecular flexibility index (Phi) is 9.47. The molecule has 1 aliphatic carbocycles. The van der Waals surface area contributed by atoms with Gasteiger partial charge in [0.25, 0.3) is 0 Å². The molecule has 0 spiro atoms. The summed E-state index contributed by atoms with van der Waals surface area (Å²) < 4.78 is 43.1. The third-order valence-electron chi connectivity index (χ3n) is 4.90. The third-order valence-corrected chi connectivity index (χ3v) is 4.90. The van der Waals surface area contributed by atoms with E-state index in [9.17, 15) is 23.1 Å². The lowest BCUT2D eigenvalue weighted by Gasteiger charge is -2.22. The highest BCUT2D eigenvalue weighted by Gasteiger charge is 2.35. The Morgan fingerprint density at radius 3 is 2.10 bits per heavy atom. The molecule has 0 amide bonds. The molecule has 162 valence electrons. The number of rotatable bonds is 1. The fourth-order valence-corrected chi connectivity index (χ4v) is 3.60. The summed E-state index contributed by atoms with van der Waals surface area (Å²) in [7, 11) is 1.19. The number of phenolic OH excluding ortho intramolecular Hbond substituents is 1. The number of phenols is 1. The van der Waals surface area contributed by atoms with Crippen molar-refractivity contribution < 1.29 is 27.8 Å². The summed E-state index contributed by atoms with van der Waals surface area (Å²) in [5.74, 6) is 0.548. The molecule has 0 aliphatic heterocycles. The van der Waals surface area contributed by atoms with Crippen molar-refractivity contribution in [3.8, 4) is 5.75 Å². The van der Waals surface area contributed by atoms with Crippen LogP contribution in [0, 0.1) is 11.8 Å². The number of aromatic hydroxyl groups is 1. The molecule has 0 heterocycles. The highest BCUT2D eigenvalue weighted by Crippen LogP contribution is 2.40. The molecule has 2 aromatic rings. The molecule has 1 aliphatic rings. The van der Waals surface area contributed by atoms with Crippen molar-refractivity contribution in [1.29, 1.82) is 0 Å². The summed E-state index contributed by atoms with van der Waals surface area (Å²) >= 11 is 0. The summed E-state index contributed by atoms with van der Waals surface area (Å²) in [5.41, 5.74) is -0.963. The van der Waals surface area contributed by atoms with Crippen molar-refractivity contribution >= 4 is 16.7 Å². The van der Waals surface area contributed by atoms with Crippen LogP contribution in [0.15, 0.2) is 30.3 Å². The molecule has 3 rings (SSSR count). The van der Waals surface area contributed by atoms with Crippen LogP contribution in [0.1, 0.15) is 69.3 Å². The van der Waals surface area contributed by atoms with Crippen LogP contribution >= 0.6 is 0 Å². The zero-order chi connectivity index (χ0) is 22.2. The lowest BCUT2D eigenvalue weighted by atomic mass is 9.84. The minimum atomic E-state index is -4.67. The van der Waals surface area contributed by atoms with Gasteiger partial charge in [0.05, 0.1) is 12.7 Å². The van der Waals surface area contributed by atoms with Gasteiger partial charge in [-0.25, -0.2) is 4.79 Å². The van der Waals surface area contributed by atoms with Gasteiger partial charge in [0.2, 0.25) is 0 Å². The first kappa shape index (κ1) is 24.8. The van der Waals surface area contributed by atoms with E-state index in [-0.39, 0.29) is 16.3 Å². The van der Waals surface area contributed by atoms with E-state index >= 15 is 0 Å². The van der Waals surface area contributed by atoms with Crippen molar-refractivity contribution in [2.75, 3.05) is 7.11 Å². The number of fused-ring (bicyclic) bond motifs is 1. The SMILES string of the molecule is CC.CC1CCCC(C)C1.COC(=O)c1ccc2c(C(F)(F)F)c(O)ccc2c1. The number of methoxy groups -OCH3 is 1. The molecule has 1 saturated carbocycles. The van der Waals surface area contributed by atoms with Crippen LogP contribution in [0.25, 0.3) is 10.8 Å². The number of benzene rings is 2. The van der Waals surface area contributed by atoms with E-state index in [1.807, 2.05) is 13.8 Å². The molecule has 2 unspecified atom stereocenters. The molecule has 0 radical (unpaired) electrons. The maximum absolute atomic E-state index is 12.9. The topological polar surface area (TPSA) is 46.5 Å². The van der Waals surface area contributed by atoms with Crippen molar-refractivity contribution in [3.63, 3.8) is 0 Å². The quantitative estimate of drug-likeness (QED) is 0.503. The van der Waals surface area contributed by atoms with E-state index < -0.39 is 23.5 Å². The smallest absolute Gasteiger partial charge is 0.420 e. The highest BCUT2D eigenvalue weighted by atomic mass is 19.4. The molecular weight excluding hydrogens is 381 g/mol. The van der Waals surface area contributed by atoms with E-state index in [0.717, 1.165) is 24.0 Å². The van der Waals surface area contributed by atoms with Gasteiger partial charge in [-0.2, -0.15) is 13.2 Å². The summed E-state index contributed by atoms with van der Waals surface area (Å²) in [6.07, 6.45) is 1.23. The molecule has 0 aromatic heterocycles. The predicted octanol–water partition coefficient (Wildman–Crippen LogP) is 7.21. The maximum atomic E-state index is 12.9. The zero-order valence-electron chi connectivity index (χ0n) is 17.8. The summed E-state index contributed by atoms with van der Waals surface area (Å²) in [5, 5.41) is 9.39. The average Bonchev–Trinajstić information content (AvgIpc) is 2.67. The Labute approximate surface area is 170 Å². The van der Waals surface area contributed by atoms with Crippen LogP contribution in [0.3, 0.4) is 0 Å². The van der Waals surface area contributed by atoms with Gasteiger partial charge in [0.1, 0.15) is 11.3 Å². The summed E-state index contributed by atoms with van der Waals surface area (Å²) in [6.45, 7) is 8.74. The summed E-state index contributed by atoms with van der Waals surface area (Å²) in [4.78, 5) is 11.3. The van der Waals surface area contributed by atoms with Gasteiger partial charge in [0.15, 0.2) is 0 Å². The van der Waals surface area contributed by atoms with Gasteiger partial charge < -0.3 is 9.84 Å². The molecular formula is C23H31F3O3. The molecule has 3 nitrogen and oxygen atoms in total. The normalized spacial score (nSPS) is 18.8. The Bertz CT molecular complexity index is 792. The van der Waals surface area contributed by atoms with Crippen LogP contribution in [0.2, 0.25) is 0 Å². The Hall–Kier alpha value is -2.24. The lowest BCUT2D eigenvalue weighted by molar-refractivity contribution is -0.137. The first-order valence-corrected chi connectivity index (χ1v) is 10.0. The second kappa shape index (κ2) is 11.1. The van der Waals surface area contributed by atoms with Crippen LogP contribution in [-0.2, 0) is 10.9 Å². The van der Waals surface area contributed by atoms with Crippen LogP contribution < -0.4 is 0 Å². The minimum absolute atomic E-state index is 0.147. The van der Waals surface area contributed by atoms with E-state index in [1.165, 1.54) is 51.0 Å². The van der Waals surface area contributed by atoms with Crippen molar-refractivity contribution in [2.24, 2.45) is 11.8 Å². The first-order valence-electron chi connectivity index (χ1n) is 10.0. The van der Waals surface area contributed by atoms with Crippen molar-refractivity contribution in [1.82, 2.24) is 0 Å². The zero-order valence-corrected chi connectivity index (χ0v) is 17.8. The van der Waals surface area contributed by atoms with Gasteiger partial charge >= 0.3 is 12.1 Å². The van der Waals surface area contributed by atoms with E-state index in [0.29, 0.717) is 0 Å². The van der Waals surface area contributed by atoms with Crippen LogP contribution in [0.5, 0.6) is 5.75 Å². The number of hydrogen-bond acceptors (Lipinski definition) is 3. The number of halogens is 3. The average molecular weight is 412 g/mol. The Morgan fingerprint density at radius 2 is 1.66 bits per heavy atom. The van der Waals surface area contributed by atoms with Gasteiger partial charge in [-0.05, 0) is 47.2 Å². The van der Waals surface area contributed by atoms with Crippen LogP contribution in [-0.4, -0.2) is 18.2 Å². The second-order valence-electron chi connectivity index (χ2n) is 7.26. The van der Waals surface area contributed by atoms with E-state index in [1.54, 1.807) is 0 Å². The number of esters is 1. The predicted molar refractivity (Wildman–Crippen MR) is 110 cm³/mol. The molecule has 0 saturated heterocycles. The summed E-state index contributed by atoms with van der Waals surface area (Å²) in [6, 6.07) is 5.92. The van der Waals surface area contributed by atoms with Crippen molar-refractivity contribution in [3.05, 3.63) is 41.5 Å². The second-order valence-corrected chi connectivity index (χ2v) is 7.26. The monoisotopic (exact) mass is 412 g/mol. The number of alkyl halides is 3. The Morgan fingerprint density at radius 1 is 1.07 bits per heavy atom. The van der Waals surface area contributed by atoms with Crippen LogP contribution in [0.4, 0.5) is 13.2 Å². The number of carbonyl (C=O) groups is 1. The van der Waals surface area contributed by atoms with Crippen molar-refractivity contribution in [2.45, 2.75) is 59.6 Å². The minimum Gasteiger partial charge on any atom is -0.507 e. The van der Waals surface area contributed by atoms with Gasteiger partial charge in [-0.1, -0.05) is 59.1 Å². The molecule has 29 heavy (non-hydrogen) atoms. The lowest BCUT2D eigenvalue weighted by Crippen LogP contribution is -2.09. The fourth-order valence-electron chi connectivity index (χ4n) is 3.60. The van der Waals surface area contributed by atoms with E-state index in [2.05, 4.69) is 18.6 Å². The van der Waals surface area contributed by atoms with E-state index in [4.69, 9.17) is 0 Å². The molecule has 2 atom stereocenters. The first-order chi connectivity index (χ1) is 13.6. The maximum Gasteiger partial charge on any atom is 0.420 e. The molecule has 0 bridgehead atoms. The Balaban J connectivity index is 0.000000351. The number of ether oxygens (including phenoxy) is 1. The molecule has 1 fully saturated rings. The molecule has 6 heteroatoms. The largest absolute Gasteiger partial charge is 0.507 e. The third kappa shape index (κ3) is 6.94. The van der Waals surface area contributed by atoms with Gasteiger partial charge in [-0.15, -0.1) is 0 Å². The van der Waals surface area contributed by atoms with Gasteiger partial charge in [-0.3, -0.25) is 0 Å².